The van der Waals surface area contributed by atoms with Crippen LogP contribution >= 0.6 is 0 Å². The van der Waals surface area contributed by atoms with Crippen molar-refractivity contribution in [3.63, 3.8) is 0 Å². The van der Waals surface area contributed by atoms with Gasteiger partial charge in [-0.3, -0.25) is 0 Å². The molecule has 3 aromatic rings. The lowest BCUT2D eigenvalue weighted by molar-refractivity contribution is -0.274. The zero-order valence-corrected chi connectivity index (χ0v) is 19.9. The molecule has 0 aliphatic heterocycles. The van der Waals surface area contributed by atoms with Gasteiger partial charge in [-0.15, -0.1) is 13.2 Å². The number of anilines is 2. The van der Waals surface area contributed by atoms with E-state index in [0.717, 1.165) is 19.3 Å². The summed E-state index contributed by atoms with van der Waals surface area (Å²) in [5.74, 6) is -1.19. The van der Waals surface area contributed by atoms with Crippen molar-refractivity contribution in [1.29, 1.82) is 0 Å². The van der Waals surface area contributed by atoms with Gasteiger partial charge < -0.3 is 19.4 Å². The standard InChI is InChI=1S/C25H27F4N3O3/c1-14-11-16(13-24(2,3)12-14)32-19-10-9-18(22(33)34-4)20(26)21(19)31-23(32)30-15-5-7-17(8-6-15)35-25(27,28)29/h5-10,14,16H,11-13H2,1-4H3,(H,30,31)/t14-,16+/m1/s1. The number of hydrogen-bond acceptors (Lipinski definition) is 5. The summed E-state index contributed by atoms with van der Waals surface area (Å²) in [5.41, 5.74) is 0.820. The van der Waals surface area contributed by atoms with E-state index >= 15 is 4.39 Å². The summed E-state index contributed by atoms with van der Waals surface area (Å²) < 4.78 is 63.3. The first-order valence-electron chi connectivity index (χ1n) is 11.3. The van der Waals surface area contributed by atoms with Gasteiger partial charge in [-0.25, -0.2) is 14.2 Å². The monoisotopic (exact) mass is 493 g/mol. The minimum Gasteiger partial charge on any atom is -0.465 e. The molecule has 1 heterocycles. The second kappa shape index (κ2) is 9.05. The van der Waals surface area contributed by atoms with Crippen LogP contribution in [0.4, 0.5) is 29.2 Å². The summed E-state index contributed by atoms with van der Waals surface area (Å²) in [6.07, 6.45) is -2.05. The number of carbonyl (C=O) groups excluding carboxylic acids is 1. The van der Waals surface area contributed by atoms with Crippen LogP contribution in [0.3, 0.4) is 0 Å². The number of alkyl halides is 3. The van der Waals surface area contributed by atoms with E-state index in [-0.39, 0.29) is 28.3 Å². The fourth-order valence-electron chi connectivity index (χ4n) is 5.22. The van der Waals surface area contributed by atoms with Crippen LogP contribution in [0.25, 0.3) is 11.0 Å². The lowest BCUT2D eigenvalue weighted by Crippen LogP contribution is -2.29. The summed E-state index contributed by atoms with van der Waals surface area (Å²) in [4.78, 5) is 16.5. The molecule has 0 amide bonds. The Morgan fingerprint density at radius 2 is 1.83 bits per heavy atom. The van der Waals surface area contributed by atoms with Gasteiger partial charge in [0.05, 0.1) is 18.2 Å². The smallest absolute Gasteiger partial charge is 0.465 e. The quantitative estimate of drug-likeness (QED) is 0.307. The van der Waals surface area contributed by atoms with Gasteiger partial charge in [0.25, 0.3) is 0 Å². The van der Waals surface area contributed by atoms with Crippen LogP contribution in [-0.2, 0) is 4.74 Å². The second-order valence-corrected chi connectivity index (χ2v) is 9.86. The van der Waals surface area contributed by atoms with Crippen molar-refractivity contribution < 1.29 is 31.8 Å². The first-order chi connectivity index (χ1) is 16.4. The topological polar surface area (TPSA) is 65.4 Å². The van der Waals surface area contributed by atoms with Crippen LogP contribution in [0.2, 0.25) is 0 Å². The number of esters is 1. The molecule has 1 N–H and O–H groups in total. The third kappa shape index (κ3) is 5.36. The lowest BCUT2D eigenvalue weighted by atomic mass is 9.70. The molecule has 0 unspecified atom stereocenters. The number of fused-ring (bicyclic) bond motifs is 1. The van der Waals surface area contributed by atoms with Gasteiger partial charge in [0.2, 0.25) is 5.95 Å². The van der Waals surface area contributed by atoms with Crippen molar-refractivity contribution in [3.8, 4) is 5.75 Å². The highest BCUT2D eigenvalue weighted by molar-refractivity contribution is 5.95. The Bertz CT molecular complexity index is 1240. The third-order valence-electron chi connectivity index (χ3n) is 6.28. The Kier molecular flexibility index (Phi) is 6.42. The van der Waals surface area contributed by atoms with Crippen molar-refractivity contribution in [2.24, 2.45) is 11.3 Å². The van der Waals surface area contributed by atoms with Crippen LogP contribution in [0, 0.1) is 17.2 Å². The number of nitrogens with zero attached hydrogens (tertiary/aromatic N) is 2. The van der Waals surface area contributed by atoms with Crippen LogP contribution in [0.15, 0.2) is 36.4 Å². The van der Waals surface area contributed by atoms with E-state index in [1.54, 1.807) is 6.07 Å². The summed E-state index contributed by atoms with van der Waals surface area (Å²) in [6.45, 7) is 6.56. The molecule has 188 valence electrons. The molecule has 10 heteroatoms. The molecule has 1 saturated carbocycles. The van der Waals surface area contributed by atoms with Crippen LogP contribution in [0.5, 0.6) is 5.75 Å². The second-order valence-electron chi connectivity index (χ2n) is 9.86. The lowest BCUT2D eigenvalue weighted by Gasteiger charge is -2.40. The van der Waals surface area contributed by atoms with E-state index in [1.165, 1.54) is 37.4 Å². The first kappa shape index (κ1) is 24.8. The van der Waals surface area contributed by atoms with E-state index in [4.69, 9.17) is 0 Å². The molecule has 4 rings (SSSR count). The van der Waals surface area contributed by atoms with Gasteiger partial charge in [0, 0.05) is 11.7 Å². The van der Waals surface area contributed by atoms with Crippen LogP contribution < -0.4 is 10.1 Å². The maximum atomic E-state index is 15.3. The molecule has 1 aromatic heterocycles. The Balaban J connectivity index is 1.78. The number of rotatable bonds is 5. The van der Waals surface area contributed by atoms with Crippen molar-refractivity contribution in [2.45, 2.75) is 52.4 Å². The van der Waals surface area contributed by atoms with Crippen LogP contribution in [0.1, 0.15) is 56.4 Å². The van der Waals surface area contributed by atoms with E-state index in [2.05, 4.69) is 40.5 Å². The van der Waals surface area contributed by atoms with Gasteiger partial charge in [0.15, 0.2) is 5.82 Å². The minimum absolute atomic E-state index is 0.00235. The zero-order valence-electron chi connectivity index (χ0n) is 19.9. The van der Waals surface area contributed by atoms with Gasteiger partial charge in [-0.2, -0.15) is 0 Å². The largest absolute Gasteiger partial charge is 0.573 e. The Morgan fingerprint density at radius 3 is 2.43 bits per heavy atom. The Hall–Kier alpha value is -3.30. The first-order valence-corrected chi connectivity index (χ1v) is 11.3. The van der Waals surface area contributed by atoms with E-state index in [9.17, 15) is 18.0 Å². The number of benzene rings is 2. The predicted octanol–water partition coefficient (Wildman–Crippen LogP) is 6.99. The van der Waals surface area contributed by atoms with Gasteiger partial charge in [-0.1, -0.05) is 20.8 Å². The maximum Gasteiger partial charge on any atom is 0.573 e. The van der Waals surface area contributed by atoms with Crippen LogP contribution in [-0.4, -0.2) is 29.0 Å². The van der Waals surface area contributed by atoms with Crippen molar-refractivity contribution in [2.75, 3.05) is 12.4 Å². The van der Waals surface area contributed by atoms with E-state index in [0.29, 0.717) is 23.1 Å². The molecule has 35 heavy (non-hydrogen) atoms. The Morgan fingerprint density at radius 1 is 1.14 bits per heavy atom. The summed E-state index contributed by atoms with van der Waals surface area (Å²) in [7, 11) is 1.18. The summed E-state index contributed by atoms with van der Waals surface area (Å²) in [5, 5.41) is 3.11. The van der Waals surface area contributed by atoms with E-state index < -0.39 is 18.1 Å². The molecule has 0 radical (unpaired) electrons. The fraction of sp³-hybridized carbons (Fsp3) is 0.440. The third-order valence-corrected chi connectivity index (χ3v) is 6.28. The SMILES string of the molecule is COC(=O)c1ccc2c(nc(Nc3ccc(OC(F)(F)F)cc3)n2[C@H]2C[C@@H](C)CC(C)(C)C2)c1F. The summed E-state index contributed by atoms with van der Waals surface area (Å²) >= 11 is 0. The molecule has 2 aromatic carbocycles. The average Bonchev–Trinajstić information content (AvgIpc) is 3.11. The number of imidazole rings is 1. The molecule has 0 spiro atoms. The Labute approximate surface area is 200 Å². The van der Waals surface area contributed by atoms with Crippen molar-refractivity contribution in [1.82, 2.24) is 9.55 Å². The molecular formula is C25H27F4N3O3. The normalized spacial score (nSPS) is 20.0. The average molecular weight is 494 g/mol. The van der Waals surface area contributed by atoms with Gasteiger partial charge in [0.1, 0.15) is 11.3 Å². The van der Waals surface area contributed by atoms with Crippen molar-refractivity contribution >= 4 is 28.6 Å². The van der Waals surface area contributed by atoms with Gasteiger partial charge >= 0.3 is 12.3 Å². The number of methoxy groups -OCH3 is 1. The number of ether oxygens (including phenoxy) is 2. The molecule has 0 saturated heterocycles. The molecule has 6 nitrogen and oxygen atoms in total. The highest BCUT2D eigenvalue weighted by Gasteiger charge is 2.35. The molecule has 1 aliphatic rings. The highest BCUT2D eigenvalue weighted by Crippen LogP contribution is 2.46. The zero-order chi connectivity index (χ0) is 25.5. The van der Waals surface area contributed by atoms with E-state index in [1.807, 2.05) is 4.57 Å². The number of carbonyl (C=O) groups is 1. The number of aromatic nitrogens is 2. The molecule has 1 fully saturated rings. The summed E-state index contributed by atoms with van der Waals surface area (Å²) in [6, 6.07) is 8.25. The fourth-order valence-corrected chi connectivity index (χ4v) is 5.22. The molecule has 0 bridgehead atoms. The molecular weight excluding hydrogens is 466 g/mol. The van der Waals surface area contributed by atoms with Gasteiger partial charge in [-0.05, 0) is 67.0 Å². The molecule has 2 atom stereocenters. The highest BCUT2D eigenvalue weighted by atomic mass is 19.4. The number of nitrogens with one attached hydrogen (secondary N) is 1. The minimum atomic E-state index is -4.79. The maximum absolute atomic E-state index is 15.3. The number of hydrogen-bond donors (Lipinski definition) is 1. The predicted molar refractivity (Wildman–Crippen MR) is 123 cm³/mol. The van der Waals surface area contributed by atoms with Crippen molar-refractivity contribution in [3.05, 3.63) is 47.8 Å². The molecule has 1 aliphatic carbocycles. The number of halogens is 4.